The summed E-state index contributed by atoms with van der Waals surface area (Å²) in [6, 6.07) is 0. The van der Waals surface area contributed by atoms with E-state index in [1.54, 1.807) is 13.3 Å². The molecule has 10 heteroatoms. The van der Waals surface area contributed by atoms with E-state index >= 15 is 0 Å². The van der Waals surface area contributed by atoms with E-state index in [2.05, 4.69) is 72.7 Å². The number of anilines is 1. The van der Waals surface area contributed by atoms with Gasteiger partial charge in [-0.2, -0.15) is 4.98 Å². The van der Waals surface area contributed by atoms with Gasteiger partial charge in [0.15, 0.2) is 16.6 Å². The summed E-state index contributed by atoms with van der Waals surface area (Å²) in [4.78, 5) is 16.7. The number of rotatable bonds is 8. The molecule has 1 unspecified atom stereocenters. The Kier molecular flexibility index (Phi) is 8.46. The lowest BCUT2D eigenvalue weighted by Crippen LogP contribution is -2.48. The van der Waals surface area contributed by atoms with Crippen LogP contribution in [-0.4, -0.2) is 52.1 Å². The summed E-state index contributed by atoms with van der Waals surface area (Å²) in [5, 5.41) is 0.148. The van der Waals surface area contributed by atoms with Gasteiger partial charge in [0, 0.05) is 25.3 Å². The molecule has 2 heterocycles. The van der Waals surface area contributed by atoms with E-state index in [1.165, 1.54) is 4.57 Å². The first-order chi connectivity index (χ1) is 14.9. The van der Waals surface area contributed by atoms with Gasteiger partial charge in [-0.25, -0.2) is 4.79 Å². The van der Waals surface area contributed by atoms with E-state index in [4.69, 9.17) is 24.1 Å². The average molecular weight is 500 g/mol. The van der Waals surface area contributed by atoms with E-state index in [0.717, 1.165) is 0 Å². The normalized spacial score (nSPS) is 22.7. The Morgan fingerprint density at radius 3 is 2.21 bits per heavy atom. The molecule has 33 heavy (non-hydrogen) atoms. The monoisotopic (exact) mass is 499 g/mol. The van der Waals surface area contributed by atoms with Crippen molar-refractivity contribution in [1.29, 1.82) is 0 Å². The van der Waals surface area contributed by atoms with Crippen LogP contribution in [0, 0.1) is 0 Å². The van der Waals surface area contributed by atoms with Crippen LogP contribution >= 0.6 is 0 Å². The highest BCUT2D eigenvalue weighted by Gasteiger charge is 2.46. The molecule has 2 rings (SSSR count). The van der Waals surface area contributed by atoms with E-state index in [1.807, 2.05) is 0 Å². The molecular weight excluding hydrogens is 454 g/mol. The number of ether oxygens (including phenoxy) is 2. The first-order valence-corrected chi connectivity index (χ1v) is 17.5. The Balaban J connectivity index is 2.35. The van der Waals surface area contributed by atoms with Crippen molar-refractivity contribution in [3.05, 3.63) is 22.2 Å². The molecule has 0 aromatic carbocycles. The van der Waals surface area contributed by atoms with Crippen LogP contribution in [0.25, 0.3) is 0 Å². The molecule has 0 aliphatic carbocycles. The molecule has 0 spiro atoms. The van der Waals surface area contributed by atoms with Crippen molar-refractivity contribution in [3.8, 4) is 0 Å². The summed E-state index contributed by atoms with van der Waals surface area (Å²) in [6.07, 6.45) is 1.31. The number of nitrogens with zero attached hydrogens (tertiary/aromatic N) is 2. The molecule has 1 aromatic heterocycles. The van der Waals surface area contributed by atoms with Crippen LogP contribution in [0.5, 0.6) is 0 Å². The Bertz CT molecular complexity index is 874. The molecule has 2 N–H and O–H groups in total. The van der Waals surface area contributed by atoms with Gasteiger partial charge in [0.05, 0.1) is 19.3 Å². The third-order valence-electron chi connectivity index (χ3n) is 7.52. The molecule has 190 valence electrons. The SMILES string of the molecule is COCc1cn([C@H]2CC(O[Si](C)(C)C(C)(C)C)[C@@H](CO[Si](C)(C)C(C)(C)C)O2)c(=O)nc1N. The highest BCUT2D eigenvalue weighted by atomic mass is 28.4. The van der Waals surface area contributed by atoms with Crippen molar-refractivity contribution in [1.82, 2.24) is 9.55 Å². The van der Waals surface area contributed by atoms with Gasteiger partial charge in [0.2, 0.25) is 0 Å². The lowest BCUT2D eigenvalue weighted by atomic mass is 10.2. The number of nitrogens with two attached hydrogens (primary N) is 1. The number of hydrogen-bond donors (Lipinski definition) is 1. The smallest absolute Gasteiger partial charge is 0.351 e. The number of aromatic nitrogens is 2. The van der Waals surface area contributed by atoms with E-state index in [0.29, 0.717) is 18.6 Å². The predicted octanol–water partition coefficient (Wildman–Crippen LogP) is 4.67. The van der Waals surface area contributed by atoms with Gasteiger partial charge in [0.1, 0.15) is 18.1 Å². The predicted molar refractivity (Wildman–Crippen MR) is 137 cm³/mol. The Hall–Kier alpha value is -1.05. The molecular formula is C23H45N3O5Si2. The molecule has 0 saturated carbocycles. The Morgan fingerprint density at radius 2 is 1.70 bits per heavy atom. The second kappa shape index (κ2) is 9.90. The summed E-state index contributed by atoms with van der Waals surface area (Å²) in [6.45, 7) is 23.0. The van der Waals surface area contributed by atoms with Gasteiger partial charge in [-0.1, -0.05) is 41.5 Å². The standard InChI is InChI=1S/C23H45N3O5Si2/c1-22(2,3)32(8,9)29-15-18-17(31-33(10,11)23(4,5)6)12-19(30-18)26-13-16(14-28-7)20(24)25-21(26)27/h13,17-19H,12,14-15H2,1-11H3,(H2,24,25,27)/t17?,18-,19-/m1/s1. The highest BCUT2D eigenvalue weighted by Crippen LogP contribution is 2.42. The maximum absolute atomic E-state index is 12.7. The highest BCUT2D eigenvalue weighted by molar-refractivity contribution is 6.74. The molecule has 1 aromatic rings. The molecule has 1 aliphatic heterocycles. The van der Waals surface area contributed by atoms with E-state index in [-0.39, 0.29) is 34.7 Å². The second-order valence-electron chi connectivity index (χ2n) is 12.1. The number of methoxy groups -OCH3 is 1. The fourth-order valence-electron chi connectivity index (χ4n) is 3.20. The number of hydrogen-bond acceptors (Lipinski definition) is 7. The van der Waals surface area contributed by atoms with Gasteiger partial charge < -0.3 is 24.1 Å². The zero-order valence-corrected chi connectivity index (χ0v) is 24.4. The van der Waals surface area contributed by atoms with Gasteiger partial charge in [-0.05, 0) is 36.3 Å². The minimum atomic E-state index is -2.07. The molecule has 1 saturated heterocycles. The van der Waals surface area contributed by atoms with Crippen LogP contribution in [0.15, 0.2) is 11.0 Å². The first-order valence-electron chi connectivity index (χ1n) is 11.7. The second-order valence-corrected chi connectivity index (χ2v) is 21.7. The molecule has 8 nitrogen and oxygen atoms in total. The summed E-state index contributed by atoms with van der Waals surface area (Å²) in [5.41, 5.74) is 6.14. The molecule has 0 amide bonds. The van der Waals surface area contributed by atoms with Crippen molar-refractivity contribution in [2.24, 2.45) is 0 Å². The number of nitrogen functional groups attached to an aromatic ring is 1. The third kappa shape index (κ3) is 6.55. The topological polar surface area (TPSA) is 97.8 Å². The summed E-state index contributed by atoms with van der Waals surface area (Å²) < 4.78 is 26.4. The molecule has 1 fully saturated rings. The zero-order chi connectivity index (χ0) is 25.4. The minimum Gasteiger partial charge on any atom is -0.414 e. The Morgan fingerprint density at radius 1 is 1.12 bits per heavy atom. The van der Waals surface area contributed by atoms with Crippen molar-refractivity contribution >= 4 is 22.5 Å². The maximum Gasteiger partial charge on any atom is 0.351 e. The van der Waals surface area contributed by atoms with Gasteiger partial charge in [-0.15, -0.1) is 0 Å². The summed E-state index contributed by atoms with van der Waals surface area (Å²) >= 11 is 0. The quantitative estimate of drug-likeness (QED) is 0.519. The third-order valence-corrected chi connectivity index (χ3v) is 16.5. The fourth-order valence-corrected chi connectivity index (χ4v) is 5.57. The van der Waals surface area contributed by atoms with E-state index in [9.17, 15) is 4.79 Å². The molecule has 1 aliphatic rings. The molecule has 3 atom stereocenters. The average Bonchev–Trinajstić information content (AvgIpc) is 3.02. The zero-order valence-electron chi connectivity index (χ0n) is 22.4. The van der Waals surface area contributed by atoms with Crippen LogP contribution < -0.4 is 11.4 Å². The van der Waals surface area contributed by atoms with Crippen LogP contribution in [0.4, 0.5) is 5.82 Å². The van der Waals surface area contributed by atoms with Gasteiger partial charge in [-0.3, -0.25) is 4.57 Å². The van der Waals surface area contributed by atoms with E-state index < -0.39 is 28.6 Å². The largest absolute Gasteiger partial charge is 0.414 e. The van der Waals surface area contributed by atoms with Crippen molar-refractivity contribution in [3.63, 3.8) is 0 Å². The van der Waals surface area contributed by atoms with Crippen molar-refractivity contribution in [2.75, 3.05) is 19.5 Å². The van der Waals surface area contributed by atoms with Crippen molar-refractivity contribution < 1.29 is 18.3 Å². The van der Waals surface area contributed by atoms with Crippen LogP contribution in [-0.2, 0) is 24.9 Å². The van der Waals surface area contributed by atoms with Crippen LogP contribution in [0.2, 0.25) is 36.3 Å². The first kappa shape index (κ1) is 28.2. The minimum absolute atomic E-state index is 0.0567. The lowest BCUT2D eigenvalue weighted by Gasteiger charge is -2.40. The molecule has 0 radical (unpaired) electrons. The van der Waals surface area contributed by atoms with Gasteiger partial charge >= 0.3 is 5.69 Å². The lowest BCUT2D eigenvalue weighted by molar-refractivity contribution is -0.0413. The Labute approximate surface area is 201 Å². The maximum atomic E-state index is 12.7. The van der Waals surface area contributed by atoms with Crippen molar-refractivity contribution in [2.45, 2.75) is 109 Å². The fraction of sp³-hybridized carbons (Fsp3) is 0.826. The van der Waals surface area contributed by atoms with Crippen LogP contribution in [0.3, 0.4) is 0 Å². The van der Waals surface area contributed by atoms with Gasteiger partial charge in [0.25, 0.3) is 0 Å². The summed E-state index contributed by atoms with van der Waals surface area (Å²) in [5.74, 6) is 0.183. The van der Waals surface area contributed by atoms with Crippen LogP contribution in [0.1, 0.15) is 59.8 Å². The summed E-state index contributed by atoms with van der Waals surface area (Å²) in [7, 11) is -2.46. The molecule has 0 bridgehead atoms.